The molecule has 1 aromatic rings. The molecule has 1 fully saturated rings. The first-order chi connectivity index (χ1) is 7.46. The minimum absolute atomic E-state index is 0.0872. The number of halogens is 2. The maximum atomic E-state index is 13.8. The van der Waals surface area contributed by atoms with Crippen LogP contribution in [0.4, 0.5) is 4.39 Å². The van der Waals surface area contributed by atoms with E-state index >= 15 is 0 Å². The van der Waals surface area contributed by atoms with Crippen LogP contribution in [0.1, 0.15) is 31.7 Å². The van der Waals surface area contributed by atoms with Crippen molar-refractivity contribution >= 4 is 15.9 Å². The van der Waals surface area contributed by atoms with E-state index in [1.165, 1.54) is 0 Å². The number of nitrogens with one attached hydrogen (secondary N) is 1. The molecule has 1 saturated carbocycles. The van der Waals surface area contributed by atoms with Gasteiger partial charge in [-0.2, -0.15) is 0 Å². The van der Waals surface area contributed by atoms with Crippen LogP contribution in [0, 0.1) is 11.2 Å². The van der Waals surface area contributed by atoms with E-state index in [0.717, 1.165) is 16.5 Å². The van der Waals surface area contributed by atoms with Crippen LogP contribution in [0.15, 0.2) is 22.7 Å². The molecular weight excluding hydrogens is 269 g/mol. The van der Waals surface area contributed by atoms with E-state index in [1.807, 2.05) is 13.1 Å². The standard InChI is InChI=1S/C13H17BrFN/c1-13(2)10(7-12(13)16-3)9-6-8(14)4-5-11(9)15/h4-6,10,12,16H,7H2,1-3H3. The van der Waals surface area contributed by atoms with Gasteiger partial charge in [-0.1, -0.05) is 29.8 Å². The molecular formula is C13H17BrFN. The second-order valence-electron chi connectivity index (χ2n) is 5.12. The number of hydrogen-bond donors (Lipinski definition) is 1. The Hall–Kier alpha value is -0.410. The molecule has 0 bridgehead atoms. The summed E-state index contributed by atoms with van der Waals surface area (Å²) in [7, 11) is 1.97. The molecule has 1 aliphatic rings. The van der Waals surface area contributed by atoms with Gasteiger partial charge in [0, 0.05) is 10.5 Å². The third-order valence-corrected chi connectivity index (χ3v) is 4.44. The summed E-state index contributed by atoms with van der Waals surface area (Å²) in [5.41, 5.74) is 0.960. The molecule has 0 heterocycles. The van der Waals surface area contributed by atoms with Crippen LogP contribution in [0.2, 0.25) is 0 Å². The highest BCUT2D eigenvalue weighted by Crippen LogP contribution is 2.53. The third-order valence-electron chi connectivity index (χ3n) is 3.95. The molecule has 1 aromatic carbocycles. The van der Waals surface area contributed by atoms with Crippen LogP contribution in [-0.4, -0.2) is 13.1 Å². The van der Waals surface area contributed by atoms with Gasteiger partial charge in [0.15, 0.2) is 0 Å². The molecule has 1 aliphatic carbocycles. The molecule has 0 saturated heterocycles. The molecule has 2 rings (SSSR count). The van der Waals surface area contributed by atoms with Crippen molar-refractivity contribution in [2.24, 2.45) is 5.41 Å². The van der Waals surface area contributed by atoms with E-state index in [4.69, 9.17) is 0 Å². The van der Waals surface area contributed by atoms with E-state index in [2.05, 4.69) is 35.1 Å². The van der Waals surface area contributed by atoms with Gasteiger partial charge in [0.2, 0.25) is 0 Å². The molecule has 1 N–H and O–H groups in total. The van der Waals surface area contributed by atoms with Crippen LogP contribution < -0.4 is 5.32 Å². The lowest BCUT2D eigenvalue weighted by molar-refractivity contribution is 0.0727. The van der Waals surface area contributed by atoms with Crippen LogP contribution in [0.3, 0.4) is 0 Å². The van der Waals surface area contributed by atoms with Crippen molar-refractivity contribution in [1.82, 2.24) is 5.32 Å². The predicted molar refractivity (Wildman–Crippen MR) is 68.1 cm³/mol. The van der Waals surface area contributed by atoms with Gasteiger partial charge in [-0.25, -0.2) is 4.39 Å². The Balaban J connectivity index is 2.30. The fraction of sp³-hybridized carbons (Fsp3) is 0.538. The van der Waals surface area contributed by atoms with Crippen molar-refractivity contribution in [1.29, 1.82) is 0 Å². The summed E-state index contributed by atoms with van der Waals surface area (Å²) in [4.78, 5) is 0. The third kappa shape index (κ3) is 1.80. The molecule has 2 atom stereocenters. The highest BCUT2D eigenvalue weighted by molar-refractivity contribution is 9.10. The van der Waals surface area contributed by atoms with E-state index in [9.17, 15) is 4.39 Å². The van der Waals surface area contributed by atoms with Crippen molar-refractivity contribution in [3.8, 4) is 0 Å². The Bertz CT molecular complexity index is 403. The van der Waals surface area contributed by atoms with E-state index in [0.29, 0.717) is 12.0 Å². The molecule has 0 radical (unpaired) electrons. The van der Waals surface area contributed by atoms with Crippen molar-refractivity contribution in [2.45, 2.75) is 32.2 Å². The Labute approximate surface area is 105 Å². The first kappa shape index (κ1) is 12.1. The van der Waals surface area contributed by atoms with Crippen molar-refractivity contribution < 1.29 is 4.39 Å². The lowest BCUT2D eigenvalue weighted by Crippen LogP contribution is -2.54. The van der Waals surface area contributed by atoms with Crippen molar-refractivity contribution in [3.05, 3.63) is 34.1 Å². The minimum atomic E-state index is -0.0872. The number of hydrogen-bond acceptors (Lipinski definition) is 1. The summed E-state index contributed by atoms with van der Waals surface area (Å²) in [6, 6.07) is 5.69. The largest absolute Gasteiger partial charge is 0.316 e. The van der Waals surface area contributed by atoms with Gasteiger partial charge >= 0.3 is 0 Å². The molecule has 3 heteroatoms. The molecule has 2 unspecified atom stereocenters. The van der Waals surface area contributed by atoms with Gasteiger partial charge < -0.3 is 5.32 Å². The van der Waals surface area contributed by atoms with Gasteiger partial charge in [-0.15, -0.1) is 0 Å². The zero-order chi connectivity index (χ0) is 11.9. The quantitative estimate of drug-likeness (QED) is 0.874. The molecule has 0 spiro atoms. The summed E-state index contributed by atoms with van der Waals surface area (Å²) >= 11 is 3.41. The zero-order valence-corrected chi connectivity index (χ0v) is 11.4. The Morgan fingerprint density at radius 2 is 2.12 bits per heavy atom. The lowest BCUT2D eigenvalue weighted by Gasteiger charge is -2.52. The van der Waals surface area contributed by atoms with Gasteiger partial charge in [-0.3, -0.25) is 0 Å². The Morgan fingerprint density at radius 1 is 1.44 bits per heavy atom. The van der Waals surface area contributed by atoms with Crippen LogP contribution in [0.5, 0.6) is 0 Å². The first-order valence-electron chi connectivity index (χ1n) is 5.59. The minimum Gasteiger partial charge on any atom is -0.316 e. The second kappa shape index (κ2) is 4.11. The molecule has 16 heavy (non-hydrogen) atoms. The van der Waals surface area contributed by atoms with Crippen LogP contribution >= 0.6 is 15.9 Å². The van der Waals surface area contributed by atoms with Gasteiger partial charge in [0.05, 0.1) is 0 Å². The number of benzene rings is 1. The second-order valence-corrected chi connectivity index (χ2v) is 6.03. The number of rotatable bonds is 2. The molecule has 0 aromatic heterocycles. The van der Waals surface area contributed by atoms with Gasteiger partial charge in [-0.05, 0) is 48.6 Å². The molecule has 0 aliphatic heterocycles. The van der Waals surface area contributed by atoms with Crippen LogP contribution in [-0.2, 0) is 0 Å². The maximum Gasteiger partial charge on any atom is 0.126 e. The Morgan fingerprint density at radius 3 is 2.69 bits per heavy atom. The maximum absolute atomic E-state index is 13.8. The molecule has 1 nitrogen and oxygen atoms in total. The summed E-state index contributed by atoms with van der Waals surface area (Å²) in [6.07, 6.45) is 1.01. The summed E-state index contributed by atoms with van der Waals surface area (Å²) in [5, 5.41) is 3.29. The van der Waals surface area contributed by atoms with E-state index in [1.54, 1.807) is 12.1 Å². The average molecular weight is 286 g/mol. The summed E-state index contributed by atoms with van der Waals surface area (Å²) in [5.74, 6) is 0.221. The van der Waals surface area contributed by atoms with E-state index < -0.39 is 0 Å². The van der Waals surface area contributed by atoms with Gasteiger partial charge in [0.1, 0.15) is 5.82 Å². The normalized spacial score (nSPS) is 27.6. The SMILES string of the molecule is CNC1CC(c2cc(Br)ccc2F)C1(C)C. The summed E-state index contributed by atoms with van der Waals surface area (Å²) < 4.78 is 14.7. The highest BCUT2D eigenvalue weighted by Gasteiger charge is 2.48. The van der Waals surface area contributed by atoms with E-state index in [-0.39, 0.29) is 11.2 Å². The van der Waals surface area contributed by atoms with Crippen LogP contribution in [0.25, 0.3) is 0 Å². The monoisotopic (exact) mass is 285 g/mol. The van der Waals surface area contributed by atoms with Crippen molar-refractivity contribution in [2.75, 3.05) is 7.05 Å². The zero-order valence-electron chi connectivity index (χ0n) is 9.85. The average Bonchev–Trinajstić information content (AvgIpc) is 2.22. The first-order valence-corrected chi connectivity index (χ1v) is 6.38. The fourth-order valence-corrected chi connectivity index (χ4v) is 3.10. The topological polar surface area (TPSA) is 12.0 Å². The summed E-state index contributed by atoms with van der Waals surface area (Å²) in [6.45, 7) is 4.39. The smallest absolute Gasteiger partial charge is 0.126 e. The fourth-order valence-electron chi connectivity index (χ4n) is 2.72. The van der Waals surface area contributed by atoms with Crippen molar-refractivity contribution in [3.63, 3.8) is 0 Å². The lowest BCUT2D eigenvalue weighted by atomic mass is 9.56. The van der Waals surface area contributed by atoms with Gasteiger partial charge in [0.25, 0.3) is 0 Å². The Kier molecular flexibility index (Phi) is 3.10. The molecule has 88 valence electrons. The predicted octanol–water partition coefficient (Wildman–Crippen LogP) is 3.69. The molecule has 0 amide bonds. The highest BCUT2D eigenvalue weighted by atomic mass is 79.9.